The van der Waals surface area contributed by atoms with Gasteiger partial charge in [0.25, 0.3) is 0 Å². The van der Waals surface area contributed by atoms with E-state index in [9.17, 15) is 9.59 Å². The Bertz CT molecular complexity index is 1270. The summed E-state index contributed by atoms with van der Waals surface area (Å²) in [5.74, 6) is 0.833. The van der Waals surface area contributed by atoms with Gasteiger partial charge in [0.15, 0.2) is 5.78 Å². The smallest absolute Gasteiger partial charge is 0.305 e. The summed E-state index contributed by atoms with van der Waals surface area (Å²) >= 11 is 0. The maximum atomic E-state index is 13.5. The highest BCUT2D eigenvalue weighted by atomic mass is 16.5. The molecule has 0 aliphatic carbocycles. The third-order valence-corrected chi connectivity index (χ3v) is 8.13. The van der Waals surface area contributed by atoms with Crippen molar-refractivity contribution in [2.45, 2.75) is 118 Å². The SMILES string of the molecule is CCOC(=O)CCCn1cc(C(=O)c2cccc(CNCCCCCCCCc3ccc(CC(C)C)cc3)c2)c(C(C)C)c1. The Kier molecular flexibility index (Phi) is 15.5. The first-order valence-electron chi connectivity index (χ1n) is 17.0. The molecule has 0 fully saturated rings. The number of aryl methyl sites for hydroxylation is 2. The number of hydrogen-bond acceptors (Lipinski definition) is 4. The molecule has 0 radical (unpaired) electrons. The summed E-state index contributed by atoms with van der Waals surface area (Å²) in [5.41, 5.74) is 6.57. The molecule has 3 aromatic rings. The van der Waals surface area contributed by atoms with Crippen LogP contribution in [0.4, 0.5) is 0 Å². The molecule has 0 amide bonds. The van der Waals surface area contributed by atoms with Crippen LogP contribution in [0.3, 0.4) is 0 Å². The zero-order chi connectivity index (χ0) is 31.7. The highest BCUT2D eigenvalue weighted by Gasteiger charge is 2.19. The number of nitrogens with one attached hydrogen (secondary N) is 1. The van der Waals surface area contributed by atoms with Gasteiger partial charge in [-0.1, -0.05) is 95.8 Å². The fraction of sp³-hybridized carbons (Fsp3) is 0.538. The van der Waals surface area contributed by atoms with Gasteiger partial charge in [-0.2, -0.15) is 0 Å². The number of ketones is 1. The average Bonchev–Trinajstić information content (AvgIpc) is 3.43. The Morgan fingerprint density at radius 2 is 1.52 bits per heavy atom. The van der Waals surface area contributed by atoms with E-state index < -0.39 is 0 Å². The molecular formula is C39H56N2O3. The van der Waals surface area contributed by atoms with Gasteiger partial charge in [-0.05, 0) is 85.7 Å². The molecule has 0 saturated carbocycles. The molecule has 0 spiro atoms. The number of unbranched alkanes of at least 4 members (excludes halogenated alkanes) is 5. The van der Waals surface area contributed by atoms with E-state index >= 15 is 0 Å². The predicted octanol–water partition coefficient (Wildman–Crippen LogP) is 9.06. The Balaban J connectivity index is 1.35. The molecule has 1 aromatic heterocycles. The zero-order valence-corrected chi connectivity index (χ0v) is 28.0. The van der Waals surface area contributed by atoms with Gasteiger partial charge in [0.2, 0.25) is 0 Å². The quantitative estimate of drug-likeness (QED) is 0.0753. The van der Waals surface area contributed by atoms with Gasteiger partial charge in [-0.15, -0.1) is 0 Å². The summed E-state index contributed by atoms with van der Waals surface area (Å²) in [7, 11) is 0. The molecular weight excluding hydrogens is 544 g/mol. The Morgan fingerprint density at radius 1 is 0.818 bits per heavy atom. The first-order valence-corrected chi connectivity index (χ1v) is 17.0. The van der Waals surface area contributed by atoms with E-state index in [-0.39, 0.29) is 17.7 Å². The number of benzene rings is 2. The van der Waals surface area contributed by atoms with E-state index in [4.69, 9.17) is 4.74 Å². The lowest BCUT2D eigenvalue weighted by Crippen LogP contribution is -2.15. The molecule has 240 valence electrons. The second-order valence-electron chi connectivity index (χ2n) is 12.9. The highest BCUT2D eigenvalue weighted by Crippen LogP contribution is 2.24. The van der Waals surface area contributed by atoms with E-state index in [1.54, 1.807) is 0 Å². The van der Waals surface area contributed by atoms with Crippen molar-refractivity contribution in [1.29, 1.82) is 0 Å². The predicted molar refractivity (Wildman–Crippen MR) is 182 cm³/mol. The van der Waals surface area contributed by atoms with Gasteiger partial charge in [0, 0.05) is 43.0 Å². The van der Waals surface area contributed by atoms with Gasteiger partial charge >= 0.3 is 5.97 Å². The molecule has 0 unspecified atom stereocenters. The number of ether oxygens (including phenoxy) is 1. The van der Waals surface area contributed by atoms with Crippen LogP contribution < -0.4 is 5.32 Å². The van der Waals surface area contributed by atoms with Crippen LogP contribution in [0.2, 0.25) is 0 Å². The van der Waals surface area contributed by atoms with Crippen LogP contribution in [0.1, 0.15) is 130 Å². The molecule has 0 aliphatic heterocycles. The minimum Gasteiger partial charge on any atom is -0.466 e. The van der Waals surface area contributed by atoms with Gasteiger partial charge < -0.3 is 14.6 Å². The van der Waals surface area contributed by atoms with Crippen molar-refractivity contribution in [3.8, 4) is 0 Å². The van der Waals surface area contributed by atoms with Crippen LogP contribution in [-0.4, -0.2) is 29.5 Å². The highest BCUT2D eigenvalue weighted by molar-refractivity contribution is 6.10. The standard InChI is InChI=1S/C39H56N2O3/c1-6-44-38(42)18-14-24-41-28-36(31(4)5)37(29-41)39(43)35-17-13-16-34(26-35)27-40-23-12-10-8-7-9-11-15-32-19-21-33(22-20-32)25-30(2)3/h13,16-17,19-22,26,28-31,40H,6-12,14-15,18,23-25,27H2,1-5H3. The number of aromatic nitrogens is 1. The third kappa shape index (κ3) is 12.4. The maximum absolute atomic E-state index is 13.5. The second kappa shape index (κ2) is 19.3. The van der Waals surface area contributed by atoms with Gasteiger partial charge in [-0.25, -0.2) is 0 Å². The van der Waals surface area contributed by atoms with Crippen molar-refractivity contribution in [1.82, 2.24) is 9.88 Å². The number of carbonyl (C=O) groups excluding carboxylic acids is 2. The summed E-state index contributed by atoms with van der Waals surface area (Å²) in [6, 6.07) is 17.2. The van der Waals surface area contributed by atoms with Crippen molar-refractivity contribution in [2.75, 3.05) is 13.2 Å². The number of esters is 1. The van der Waals surface area contributed by atoms with Crippen LogP contribution in [0.5, 0.6) is 0 Å². The van der Waals surface area contributed by atoms with Crippen molar-refractivity contribution in [2.24, 2.45) is 5.92 Å². The maximum Gasteiger partial charge on any atom is 0.305 e. The summed E-state index contributed by atoms with van der Waals surface area (Å²) < 4.78 is 7.08. The summed E-state index contributed by atoms with van der Waals surface area (Å²) in [4.78, 5) is 25.2. The average molecular weight is 601 g/mol. The van der Waals surface area contributed by atoms with Crippen LogP contribution in [0, 0.1) is 5.92 Å². The largest absolute Gasteiger partial charge is 0.466 e. The Labute approximate surface area is 266 Å². The molecule has 5 nitrogen and oxygen atoms in total. The first kappa shape index (κ1) is 35.3. The Hall–Kier alpha value is -3.18. The molecule has 44 heavy (non-hydrogen) atoms. The van der Waals surface area contributed by atoms with Crippen LogP contribution >= 0.6 is 0 Å². The number of carbonyl (C=O) groups is 2. The van der Waals surface area contributed by atoms with Gasteiger partial charge in [0.05, 0.1) is 6.61 Å². The van der Waals surface area contributed by atoms with E-state index in [2.05, 4.69) is 69.5 Å². The Morgan fingerprint density at radius 3 is 2.23 bits per heavy atom. The van der Waals surface area contributed by atoms with Crippen molar-refractivity contribution in [3.63, 3.8) is 0 Å². The minimum atomic E-state index is -0.171. The first-order chi connectivity index (χ1) is 21.3. The summed E-state index contributed by atoms with van der Waals surface area (Å²) in [6.45, 7) is 13.4. The normalized spacial score (nSPS) is 11.4. The lowest BCUT2D eigenvalue weighted by atomic mass is 9.95. The molecule has 3 rings (SSSR count). The van der Waals surface area contributed by atoms with Crippen LogP contribution in [0.15, 0.2) is 60.9 Å². The third-order valence-electron chi connectivity index (χ3n) is 8.13. The molecule has 0 bridgehead atoms. The molecule has 2 aromatic carbocycles. The summed E-state index contributed by atoms with van der Waals surface area (Å²) in [5, 5.41) is 3.57. The molecule has 1 heterocycles. The lowest BCUT2D eigenvalue weighted by Gasteiger charge is -2.09. The van der Waals surface area contributed by atoms with E-state index in [1.807, 2.05) is 35.9 Å². The fourth-order valence-corrected chi connectivity index (χ4v) is 5.75. The second-order valence-corrected chi connectivity index (χ2v) is 12.9. The summed E-state index contributed by atoms with van der Waals surface area (Å²) in [6.07, 6.45) is 15.0. The van der Waals surface area contributed by atoms with Crippen molar-refractivity contribution >= 4 is 11.8 Å². The lowest BCUT2D eigenvalue weighted by molar-refractivity contribution is -0.143. The van der Waals surface area contributed by atoms with E-state index in [0.29, 0.717) is 31.9 Å². The topological polar surface area (TPSA) is 60.3 Å². The van der Waals surface area contributed by atoms with Crippen LogP contribution in [-0.2, 0) is 35.5 Å². The van der Waals surface area contributed by atoms with E-state index in [0.717, 1.165) is 35.3 Å². The fourth-order valence-electron chi connectivity index (χ4n) is 5.75. The van der Waals surface area contributed by atoms with Crippen LogP contribution in [0.25, 0.3) is 0 Å². The molecule has 5 heteroatoms. The van der Waals surface area contributed by atoms with E-state index in [1.165, 1.54) is 62.5 Å². The minimum absolute atomic E-state index is 0.0582. The molecule has 0 atom stereocenters. The zero-order valence-electron chi connectivity index (χ0n) is 28.0. The number of hydrogen-bond donors (Lipinski definition) is 1. The monoisotopic (exact) mass is 600 g/mol. The number of nitrogens with zero attached hydrogens (tertiary/aromatic N) is 1. The van der Waals surface area contributed by atoms with Gasteiger partial charge in [0.1, 0.15) is 0 Å². The van der Waals surface area contributed by atoms with Crippen molar-refractivity contribution < 1.29 is 14.3 Å². The molecule has 0 saturated heterocycles. The molecule has 1 N–H and O–H groups in total. The van der Waals surface area contributed by atoms with Gasteiger partial charge in [-0.3, -0.25) is 9.59 Å². The molecule has 0 aliphatic rings. The van der Waals surface area contributed by atoms with Crippen molar-refractivity contribution in [3.05, 3.63) is 94.3 Å². The number of rotatable bonds is 21.